The summed E-state index contributed by atoms with van der Waals surface area (Å²) in [5, 5.41) is 18.6. The summed E-state index contributed by atoms with van der Waals surface area (Å²) in [5.74, 6) is -1.75. The number of nitrogens with zero attached hydrogens (tertiary/aromatic N) is 3. The third-order valence-corrected chi connectivity index (χ3v) is 3.49. The number of benzene rings is 2. The minimum Gasteiger partial charge on any atom is -0.308 e. The lowest BCUT2D eigenvalue weighted by atomic mass is 10.1. The van der Waals surface area contributed by atoms with E-state index in [1.165, 1.54) is 6.07 Å². The summed E-state index contributed by atoms with van der Waals surface area (Å²) in [6, 6.07) is 7.49. The van der Waals surface area contributed by atoms with E-state index in [1.54, 1.807) is 18.2 Å². The van der Waals surface area contributed by atoms with Crippen molar-refractivity contribution in [2.75, 3.05) is 10.6 Å². The highest BCUT2D eigenvalue weighted by molar-refractivity contribution is 9.10. The molecule has 2 aromatic carbocycles. The Kier molecular flexibility index (Phi) is 4.47. The fraction of sp³-hybridized carbons (Fsp3) is 0. The Balaban J connectivity index is 1.80. The van der Waals surface area contributed by atoms with Crippen LogP contribution >= 0.6 is 15.9 Å². The minimum atomic E-state index is -1.05. The first-order valence-electron chi connectivity index (χ1n) is 6.59. The van der Waals surface area contributed by atoms with Crippen LogP contribution in [-0.2, 0) is 0 Å². The number of amides is 2. The predicted octanol–water partition coefficient (Wildman–Crippen LogP) is 3.55. The van der Waals surface area contributed by atoms with E-state index in [0.29, 0.717) is 17.1 Å². The molecule has 0 aliphatic rings. The number of halogens is 3. The maximum absolute atomic E-state index is 13.2. The van der Waals surface area contributed by atoms with Crippen LogP contribution < -0.4 is 10.6 Å². The molecule has 2 amide bonds. The smallest absolute Gasteiger partial charge is 0.308 e. The van der Waals surface area contributed by atoms with Gasteiger partial charge in [-0.25, -0.2) is 13.6 Å². The number of aromatic nitrogens is 4. The fourth-order valence-electron chi connectivity index (χ4n) is 1.94. The molecule has 3 aromatic rings. The van der Waals surface area contributed by atoms with Crippen LogP contribution in [0.4, 0.5) is 25.0 Å². The summed E-state index contributed by atoms with van der Waals surface area (Å²) in [4.78, 5) is 12.1. The molecule has 0 radical (unpaired) electrons. The molecule has 3 N–H and O–H groups in total. The van der Waals surface area contributed by atoms with Gasteiger partial charge in [0.1, 0.15) is 0 Å². The molecule has 0 saturated heterocycles. The summed E-state index contributed by atoms with van der Waals surface area (Å²) >= 11 is 3.32. The first-order valence-corrected chi connectivity index (χ1v) is 7.38. The van der Waals surface area contributed by atoms with Gasteiger partial charge in [0.2, 0.25) is 5.82 Å². The average Bonchev–Trinajstić information content (AvgIpc) is 3.07. The number of carbonyl (C=O) groups is 1. The Morgan fingerprint density at radius 2 is 1.92 bits per heavy atom. The summed E-state index contributed by atoms with van der Waals surface area (Å²) < 4.78 is 26.8. The molecule has 0 spiro atoms. The molecule has 0 unspecified atom stereocenters. The summed E-state index contributed by atoms with van der Waals surface area (Å²) in [6.45, 7) is 0. The lowest BCUT2D eigenvalue weighted by Crippen LogP contribution is -2.20. The highest BCUT2D eigenvalue weighted by atomic mass is 79.9. The van der Waals surface area contributed by atoms with Gasteiger partial charge in [-0.05, 0) is 35.5 Å². The lowest BCUT2D eigenvalue weighted by molar-refractivity contribution is 0.262. The van der Waals surface area contributed by atoms with Crippen LogP contribution in [0.2, 0.25) is 0 Å². The van der Waals surface area contributed by atoms with Crippen molar-refractivity contribution in [1.82, 2.24) is 20.6 Å². The van der Waals surface area contributed by atoms with E-state index in [4.69, 9.17) is 0 Å². The van der Waals surface area contributed by atoms with Crippen molar-refractivity contribution in [3.8, 4) is 11.4 Å². The molecule has 7 nitrogen and oxygen atoms in total. The van der Waals surface area contributed by atoms with Crippen LogP contribution in [0.1, 0.15) is 0 Å². The van der Waals surface area contributed by atoms with Crippen LogP contribution in [-0.4, -0.2) is 26.7 Å². The quantitative estimate of drug-likeness (QED) is 0.632. The van der Waals surface area contributed by atoms with Gasteiger partial charge in [0.15, 0.2) is 11.6 Å². The second-order valence-corrected chi connectivity index (χ2v) is 5.55. The number of hydrogen-bond donors (Lipinski definition) is 3. The van der Waals surface area contributed by atoms with E-state index >= 15 is 0 Å². The predicted molar refractivity (Wildman–Crippen MR) is 86.3 cm³/mol. The molecule has 0 bridgehead atoms. The number of hydrogen-bond acceptors (Lipinski definition) is 4. The first-order chi connectivity index (χ1) is 11.5. The number of rotatable bonds is 3. The number of carbonyl (C=O) groups excluding carboxylic acids is 1. The Morgan fingerprint density at radius 1 is 1.08 bits per heavy atom. The average molecular weight is 395 g/mol. The van der Waals surface area contributed by atoms with Crippen molar-refractivity contribution in [3.05, 3.63) is 52.5 Å². The topological polar surface area (TPSA) is 95.6 Å². The second kappa shape index (κ2) is 6.71. The number of tetrazole rings is 1. The van der Waals surface area contributed by atoms with Gasteiger partial charge < -0.3 is 10.6 Å². The molecule has 0 aliphatic heterocycles. The Morgan fingerprint density at radius 3 is 2.62 bits per heavy atom. The molecule has 0 aliphatic carbocycles. The van der Waals surface area contributed by atoms with E-state index in [2.05, 4.69) is 47.2 Å². The van der Waals surface area contributed by atoms with Gasteiger partial charge in [-0.15, -0.1) is 10.2 Å². The van der Waals surface area contributed by atoms with Crippen LogP contribution in [0, 0.1) is 11.6 Å². The van der Waals surface area contributed by atoms with Gasteiger partial charge in [-0.3, -0.25) is 0 Å². The van der Waals surface area contributed by atoms with E-state index in [-0.39, 0.29) is 5.69 Å². The largest absolute Gasteiger partial charge is 0.323 e. The monoisotopic (exact) mass is 394 g/mol. The normalized spacial score (nSPS) is 10.5. The van der Waals surface area contributed by atoms with E-state index in [0.717, 1.165) is 16.6 Å². The van der Waals surface area contributed by atoms with Crippen molar-refractivity contribution >= 4 is 33.3 Å². The zero-order valence-corrected chi connectivity index (χ0v) is 13.4. The highest BCUT2D eigenvalue weighted by Crippen LogP contribution is 2.28. The molecule has 0 saturated carbocycles. The summed E-state index contributed by atoms with van der Waals surface area (Å²) in [6.07, 6.45) is 0. The third kappa shape index (κ3) is 3.54. The Hall–Kier alpha value is -2.88. The van der Waals surface area contributed by atoms with Gasteiger partial charge in [-0.2, -0.15) is 5.21 Å². The molecule has 0 atom stereocenters. The zero-order chi connectivity index (χ0) is 17.1. The van der Waals surface area contributed by atoms with Gasteiger partial charge in [-0.1, -0.05) is 15.9 Å². The molecular weight excluding hydrogens is 386 g/mol. The fourth-order valence-corrected chi connectivity index (χ4v) is 2.31. The highest BCUT2D eigenvalue weighted by Gasteiger charge is 2.13. The molecule has 24 heavy (non-hydrogen) atoms. The summed E-state index contributed by atoms with van der Waals surface area (Å²) in [7, 11) is 0. The molecule has 3 rings (SSSR count). The number of urea groups is 1. The van der Waals surface area contributed by atoms with Gasteiger partial charge in [0, 0.05) is 21.8 Å². The number of aromatic amines is 1. The molecule has 1 heterocycles. The maximum atomic E-state index is 13.2. The molecule has 0 fully saturated rings. The second-order valence-electron chi connectivity index (χ2n) is 4.63. The molecule has 122 valence electrons. The van der Waals surface area contributed by atoms with Crippen molar-refractivity contribution in [3.63, 3.8) is 0 Å². The van der Waals surface area contributed by atoms with E-state index < -0.39 is 17.7 Å². The number of anilines is 2. The van der Waals surface area contributed by atoms with Crippen LogP contribution in [0.3, 0.4) is 0 Å². The Labute approximate surface area is 142 Å². The van der Waals surface area contributed by atoms with Crippen molar-refractivity contribution in [2.45, 2.75) is 0 Å². The van der Waals surface area contributed by atoms with Gasteiger partial charge in [0.05, 0.1) is 5.69 Å². The minimum absolute atomic E-state index is 0.115. The maximum Gasteiger partial charge on any atom is 0.323 e. The van der Waals surface area contributed by atoms with E-state index in [9.17, 15) is 13.6 Å². The molecule has 1 aromatic heterocycles. The van der Waals surface area contributed by atoms with Gasteiger partial charge >= 0.3 is 6.03 Å². The van der Waals surface area contributed by atoms with Crippen molar-refractivity contribution in [1.29, 1.82) is 0 Å². The summed E-state index contributed by atoms with van der Waals surface area (Å²) in [5.41, 5.74) is 1.06. The third-order valence-electron chi connectivity index (χ3n) is 2.99. The van der Waals surface area contributed by atoms with Crippen LogP contribution in [0.15, 0.2) is 40.9 Å². The molecular formula is C14H9BrF2N6O. The van der Waals surface area contributed by atoms with Crippen LogP contribution in [0.5, 0.6) is 0 Å². The zero-order valence-electron chi connectivity index (χ0n) is 11.8. The number of nitrogens with one attached hydrogen (secondary N) is 3. The molecule has 10 heteroatoms. The van der Waals surface area contributed by atoms with Crippen LogP contribution in [0.25, 0.3) is 11.4 Å². The standard InChI is InChI=1S/C14H9BrF2N6O/c15-7-1-4-12(9(5-7)13-20-22-23-21-13)19-14(24)18-8-2-3-10(16)11(17)6-8/h1-6H,(H2,18,19,24)(H,20,21,22,23). The Bertz CT molecular complexity index is 887. The lowest BCUT2D eigenvalue weighted by Gasteiger charge is -2.11. The van der Waals surface area contributed by atoms with E-state index in [1.807, 2.05) is 0 Å². The number of H-pyrrole nitrogens is 1. The van der Waals surface area contributed by atoms with Gasteiger partial charge in [0.25, 0.3) is 0 Å². The van der Waals surface area contributed by atoms with Crippen molar-refractivity contribution in [2.24, 2.45) is 0 Å². The first kappa shape index (κ1) is 16.0. The van der Waals surface area contributed by atoms with Crippen molar-refractivity contribution < 1.29 is 13.6 Å². The SMILES string of the molecule is O=C(Nc1ccc(F)c(F)c1)Nc1ccc(Br)cc1-c1nn[nH]n1.